The lowest BCUT2D eigenvalue weighted by Crippen LogP contribution is -2.19. The molecule has 1 heterocycles. The van der Waals surface area contributed by atoms with Gasteiger partial charge in [0, 0.05) is 11.5 Å². The van der Waals surface area contributed by atoms with Crippen LogP contribution in [-0.4, -0.2) is 34.1 Å². The van der Waals surface area contributed by atoms with Crippen LogP contribution in [0.25, 0.3) is 0 Å². The Bertz CT molecular complexity index is 725. The molecule has 0 aliphatic carbocycles. The van der Waals surface area contributed by atoms with Gasteiger partial charge in [-0.3, -0.25) is 0 Å². The summed E-state index contributed by atoms with van der Waals surface area (Å²) in [6, 6.07) is 6.31. The normalized spacial score (nSPS) is 16.7. The van der Waals surface area contributed by atoms with Crippen molar-refractivity contribution in [2.75, 3.05) is 13.7 Å². The van der Waals surface area contributed by atoms with Gasteiger partial charge < -0.3 is 29.9 Å². The molecule has 1 atom stereocenters. The molecule has 0 bridgehead atoms. The molecule has 0 saturated carbocycles. The van der Waals surface area contributed by atoms with Crippen molar-refractivity contribution >= 4 is 0 Å². The fourth-order valence-corrected chi connectivity index (χ4v) is 2.70. The number of aromatic hydroxyl groups is 4. The minimum absolute atomic E-state index is 0.187. The third-order valence-electron chi connectivity index (χ3n) is 3.89. The van der Waals surface area contributed by atoms with E-state index < -0.39 is 0 Å². The largest absolute Gasteiger partial charge is 0.504 e. The van der Waals surface area contributed by atoms with E-state index in [0.29, 0.717) is 12.0 Å². The maximum absolute atomic E-state index is 10.1. The molecule has 6 heteroatoms. The van der Waals surface area contributed by atoms with Gasteiger partial charge in [0.1, 0.15) is 0 Å². The fraction of sp³-hybridized carbons (Fsp3) is 0.250. The first-order valence-corrected chi connectivity index (χ1v) is 6.78. The van der Waals surface area contributed by atoms with Gasteiger partial charge in [0.25, 0.3) is 0 Å². The number of rotatable bonds is 2. The van der Waals surface area contributed by atoms with Crippen LogP contribution in [0.2, 0.25) is 0 Å². The third kappa shape index (κ3) is 2.13. The zero-order chi connectivity index (χ0) is 15.9. The van der Waals surface area contributed by atoms with Gasteiger partial charge in [-0.25, -0.2) is 0 Å². The van der Waals surface area contributed by atoms with Crippen LogP contribution in [-0.2, 0) is 6.42 Å². The topological polar surface area (TPSA) is 99.4 Å². The van der Waals surface area contributed by atoms with Crippen LogP contribution in [0.4, 0.5) is 0 Å². The number of ether oxygens (including phenoxy) is 2. The summed E-state index contributed by atoms with van der Waals surface area (Å²) < 4.78 is 10.5. The number of benzene rings is 2. The van der Waals surface area contributed by atoms with Crippen molar-refractivity contribution in [1.29, 1.82) is 0 Å². The molecule has 0 radical (unpaired) electrons. The van der Waals surface area contributed by atoms with E-state index in [9.17, 15) is 20.4 Å². The summed E-state index contributed by atoms with van der Waals surface area (Å²) in [7, 11) is 1.41. The standard InChI is InChI=1S/C16H16O6/c1-21-12-5-3-10(13(18)15(12)20)9-6-8-2-4-11(17)14(19)16(8)22-7-9/h2-5,9,17-20H,6-7H2,1H3/t9-/m0/s1. The molecule has 22 heavy (non-hydrogen) atoms. The highest BCUT2D eigenvalue weighted by molar-refractivity contribution is 5.58. The zero-order valence-electron chi connectivity index (χ0n) is 11.9. The van der Waals surface area contributed by atoms with Crippen molar-refractivity contribution in [3.05, 3.63) is 35.4 Å². The molecule has 1 aliphatic heterocycles. The molecule has 6 nitrogen and oxygen atoms in total. The van der Waals surface area contributed by atoms with E-state index in [-0.39, 0.29) is 47.0 Å². The van der Waals surface area contributed by atoms with Gasteiger partial charge in [-0.1, -0.05) is 12.1 Å². The second-order valence-corrected chi connectivity index (χ2v) is 5.19. The predicted octanol–water partition coefficient (Wildman–Crippen LogP) is 2.24. The molecule has 2 aromatic carbocycles. The summed E-state index contributed by atoms with van der Waals surface area (Å²) in [5, 5.41) is 39.3. The van der Waals surface area contributed by atoms with E-state index in [4.69, 9.17) is 9.47 Å². The second-order valence-electron chi connectivity index (χ2n) is 5.19. The number of hydrogen-bond donors (Lipinski definition) is 4. The molecular weight excluding hydrogens is 288 g/mol. The summed E-state index contributed by atoms with van der Waals surface area (Å²) in [4.78, 5) is 0. The Labute approximate surface area is 126 Å². The van der Waals surface area contributed by atoms with Crippen LogP contribution >= 0.6 is 0 Å². The second kappa shape index (κ2) is 5.22. The molecule has 1 aliphatic rings. The average molecular weight is 304 g/mol. The van der Waals surface area contributed by atoms with E-state index in [2.05, 4.69) is 0 Å². The average Bonchev–Trinajstić information content (AvgIpc) is 2.53. The van der Waals surface area contributed by atoms with E-state index in [1.54, 1.807) is 18.2 Å². The lowest BCUT2D eigenvalue weighted by molar-refractivity contribution is 0.243. The summed E-state index contributed by atoms with van der Waals surface area (Å²) >= 11 is 0. The van der Waals surface area contributed by atoms with Gasteiger partial charge in [0.15, 0.2) is 23.0 Å². The van der Waals surface area contributed by atoms with Gasteiger partial charge in [-0.2, -0.15) is 0 Å². The van der Waals surface area contributed by atoms with Crippen LogP contribution < -0.4 is 9.47 Å². The fourth-order valence-electron chi connectivity index (χ4n) is 2.70. The lowest BCUT2D eigenvalue weighted by Gasteiger charge is -2.27. The monoisotopic (exact) mass is 304 g/mol. The van der Waals surface area contributed by atoms with E-state index in [0.717, 1.165) is 5.56 Å². The number of fused-ring (bicyclic) bond motifs is 1. The lowest BCUT2D eigenvalue weighted by atomic mass is 9.89. The van der Waals surface area contributed by atoms with Gasteiger partial charge >= 0.3 is 0 Å². The van der Waals surface area contributed by atoms with Crippen molar-refractivity contribution in [2.45, 2.75) is 12.3 Å². The quantitative estimate of drug-likeness (QED) is 0.635. The van der Waals surface area contributed by atoms with Crippen molar-refractivity contribution in [3.8, 4) is 34.5 Å². The van der Waals surface area contributed by atoms with E-state index >= 15 is 0 Å². The molecule has 4 N–H and O–H groups in total. The smallest absolute Gasteiger partial charge is 0.200 e. The molecule has 0 spiro atoms. The van der Waals surface area contributed by atoms with Gasteiger partial charge in [0.05, 0.1) is 13.7 Å². The minimum atomic E-state index is -0.306. The van der Waals surface area contributed by atoms with Gasteiger partial charge in [-0.05, 0) is 24.1 Å². The van der Waals surface area contributed by atoms with Crippen LogP contribution in [0.15, 0.2) is 24.3 Å². The SMILES string of the molecule is COc1ccc([C@@H]2COc3c(ccc(O)c3O)C2)c(O)c1O. The van der Waals surface area contributed by atoms with Crippen molar-refractivity contribution < 1.29 is 29.9 Å². The number of phenols is 4. The van der Waals surface area contributed by atoms with Crippen LogP contribution in [0, 0.1) is 0 Å². The zero-order valence-corrected chi connectivity index (χ0v) is 11.9. The third-order valence-corrected chi connectivity index (χ3v) is 3.89. The van der Waals surface area contributed by atoms with Crippen LogP contribution in [0.3, 0.4) is 0 Å². The first kappa shape index (κ1) is 14.2. The molecule has 0 aromatic heterocycles. The highest BCUT2D eigenvalue weighted by Gasteiger charge is 2.28. The molecule has 0 fully saturated rings. The Hall–Kier alpha value is -2.76. The first-order valence-electron chi connectivity index (χ1n) is 6.78. The predicted molar refractivity (Wildman–Crippen MR) is 78.0 cm³/mol. The molecule has 0 saturated heterocycles. The summed E-state index contributed by atoms with van der Waals surface area (Å²) in [5.41, 5.74) is 1.26. The first-order chi connectivity index (χ1) is 10.5. The summed E-state index contributed by atoms with van der Waals surface area (Å²) in [5.74, 6) is -0.790. The number of phenolic OH excluding ortho intramolecular Hbond substituents is 4. The molecule has 0 unspecified atom stereocenters. The Morgan fingerprint density at radius 2 is 1.77 bits per heavy atom. The molecule has 3 rings (SSSR count). The Morgan fingerprint density at radius 1 is 1.00 bits per heavy atom. The maximum Gasteiger partial charge on any atom is 0.200 e. The number of methoxy groups -OCH3 is 1. The van der Waals surface area contributed by atoms with Crippen LogP contribution in [0.1, 0.15) is 17.0 Å². The van der Waals surface area contributed by atoms with Crippen molar-refractivity contribution in [2.24, 2.45) is 0 Å². The Balaban J connectivity index is 1.96. The van der Waals surface area contributed by atoms with Gasteiger partial charge in [-0.15, -0.1) is 0 Å². The minimum Gasteiger partial charge on any atom is -0.504 e. The van der Waals surface area contributed by atoms with E-state index in [1.807, 2.05) is 0 Å². The van der Waals surface area contributed by atoms with Crippen molar-refractivity contribution in [3.63, 3.8) is 0 Å². The number of hydrogen-bond acceptors (Lipinski definition) is 6. The van der Waals surface area contributed by atoms with Crippen molar-refractivity contribution in [1.82, 2.24) is 0 Å². The highest BCUT2D eigenvalue weighted by Crippen LogP contribution is 2.46. The highest BCUT2D eigenvalue weighted by atomic mass is 16.5. The van der Waals surface area contributed by atoms with E-state index in [1.165, 1.54) is 13.2 Å². The molecular formula is C16H16O6. The van der Waals surface area contributed by atoms with Crippen LogP contribution in [0.5, 0.6) is 34.5 Å². The van der Waals surface area contributed by atoms with Gasteiger partial charge in [0.2, 0.25) is 11.5 Å². The maximum atomic E-state index is 10.1. The Kier molecular flexibility index (Phi) is 3.36. The molecule has 2 aromatic rings. The Morgan fingerprint density at radius 3 is 2.50 bits per heavy atom. The summed E-state index contributed by atoms with van der Waals surface area (Å²) in [6.07, 6.45) is 0.502. The molecule has 116 valence electrons. The summed E-state index contributed by atoms with van der Waals surface area (Å²) in [6.45, 7) is 0.212. The molecule has 0 amide bonds.